The summed E-state index contributed by atoms with van der Waals surface area (Å²) in [6.45, 7) is 5.79. The van der Waals surface area contributed by atoms with Crippen LogP contribution in [0.5, 0.6) is 0 Å². The summed E-state index contributed by atoms with van der Waals surface area (Å²) < 4.78 is 5.29. The molecule has 1 aliphatic carbocycles. The summed E-state index contributed by atoms with van der Waals surface area (Å²) in [5, 5.41) is 12.9. The predicted octanol–water partition coefficient (Wildman–Crippen LogP) is 0.0569. The summed E-state index contributed by atoms with van der Waals surface area (Å²) in [5.41, 5.74) is 0. The lowest BCUT2D eigenvalue weighted by atomic mass is 10.3. The number of aliphatic hydroxyl groups is 1. The van der Waals surface area contributed by atoms with Crippen molar-refractivity contribution in [3.63, 3.8) is 0 Å². The topological polar surface area (TPSA) is 65.6 Å². The maximum Gasteiger partial charge on any atom is 0.240 e. The van der Waals surface area contributed by atoms with Crippen molar-refractivity contribution >= 4 is 0 Å². The van der Waals surface area contributed by atoms with Gasteiger partial charge in [0, 0.05) is 38.6 Å². The van der Waals surface area contributed by atoms with Crippen LogP contribution in [-0.4, -0.2) is 64.4 Å². The molecule has 1 aromatic rings. The molecule has 2 aliphatic rings. The number of aliphatic hydroxyl groups excluding tert-OH is 1. The first-order valence-corrected chi connectivity index (χ1v) is 6.73. The van der Waals surface area contributed by atoms with E-state index in [-0.39, 0.29) is 6.61 Å². The molecule has 0 radical (unpaired) electrons. The molecule has 2 fully saturated rings. The third kappa shape index (κ3) is 2.88. The third-order valence-corrected chi connectivity index (χ3v) is 3.67. The molecule has 1 saturated heterocycles. The summed E-state index contributed by atoms with van der Waals surface area (Å²) >= 11 is 0. The van der Waals surface area contributed by atoms with E-state index >= 15 is 0 Å². The summed E-state index contributed by atoms with van der Waals surface area (Å²) in [6, 6.07) is 0. The molecule has 0 amide bonds. The van der Waals surface area contributed by atoms with Crippen molar-refractivity contribution in [2.75, 3.05) is 39.3 Å². The van der Waals surface area contributed by atoms with Crippen molar-refractivity contribution < 1.29 is 9.63 Å². The second-order valence-electron chi connectivity index (χ2n) is 5.16. The van der Waals surface area contributed by atoms with Gasteiger partial charge in [0.2, 0.25) is 5.89 Å². The zero-order chi connectivity index (χ0) is 12.4. The third-order valence-electron chi connectivity index (χ3n) is 3.67. The molecular formula is C12H20N4O2. The molecule has 3 rings (SSSR count). The van der Waals surface area contributed by atoms with Crippen molar-refractivity contribution in [1.82, 2.24) is 19.9 Å². The van der Waals surface area contributed by atoms with Crippen LogP contribution in [0.2, 0.25) is 0 Å². The first-order valence-electron chi connectivity index (χ1n) is 6.73. The van der Waals surface area contributed by atoms with Crippen molar-refractivity contribution in [2.24, 2.45) is 0 Å². The van der Waals surface area contributed by atoms with E-state index < -0.39 is 0 Å². The highest BCUT2D eigenvalue weighted by Crippen LogP contribution is 2.38. The molecule has 1 aromatic heterocycles. The van der Waals surface area contributed by atoms with Gasteiger partial charge >= 0.3 is 0 Å². The lowest BCUT2D eigenvalue weighted by Crippen LogP contribution is -2.46. The van der Waals surface area contributed by atoms with Crippen molar-refractivity contribution in [3.05, 3.63) is 11.7 Å². The zero-order valence-electron chi connectivity index (χ0n) is 10.6. The minimum atomic E-state index is 0.244. The van der Waals surface area contributed by atoms with E-state index in [0.29, 0.717) is 5.92 Å². The van der Waals surface area contributed by atoms with Gasteiger partial charge in [-0.1, -0.05) is 5.16 Å². The number of β-amino-alcohol motifs (C(OH)–C–C–N with tert-alkyl or cyclic N) is 1. The molecule has 0 spiro atoms. The SMILES string of the molecule is OCCN1CCN(Cc2nc(C3CC3)no2)CC1. The van der Waals surface area contributed by atoms with Crippen molar-refractivity contribution in [2.45, 2.75) is 25.3 Å². The molecule has 1 aliphatic heterocycles. The van der Waals surface area contributed by atoms with Crippen LogP contribution in [-0.2, 0) is 6.54 Å². The number of nitrogens with zero attached hydrogens (tertiary/aromatic N) is 4. The Hall–Kier alpha value is -0.980. The summed E-state index contributed by atoms with van der Waals surface area (Å²) in [6.07, 6.45) is 2.41. The lowest BCUT2D eigenvalue weighted by molar-refractivity contribution is 0.101. The zero-order valence-corrected chi connectivity index (χ0v) is 10.6. The number of hydrogen-bond acceptors (Lipinski definition) is 6. The van der Waals surface area contributed by atoms with Gasteiger partial charge in [0.05, 0.1) is 13.2 Å². The van der Waals surface area contributed by atoms with Crippen LogP contribution in [0.4, 0.5) is 0 Å². The van der Waals surface area contributed by atoms with E-state index in [4.69, 9.17) is 9.63 Å². The molecule has 18 heavy (non-hydrogen) atoms. The number of hydrogen-bond donors (Lipinski definition) is 1. The van der Waals surface area contributed by atoms with E-state index in [9.17, 15) is 0 Å². The standard InChI is InChI=1S/C12H20N4O2/c17-8-7-15-3-5-16(6-4-15)9-11-13-12(14-18-11)10-1-2-10/h10,17H,1-9H2. The van der Waals surface area contributed by atoms with Crippen molar-refractivity contribution in [3.8, 4) is 0 Å². The van der Waals surface area contributed by atoms with Crippen LogP contribution in [0, 0.1) is 0 Å². The molecule has 0 unspecified atom stereocenters. The molecule has 6 heteroatoms. The molecule has 6 nitrogen and oxygen atoms in total. The highest BCUT2D eigenvalue weighted by molar-refractivity contribution is 5.03. The number of rotatable bonds is 5. The largest absolute Gasteiger partial charge is 0.395 e. The van der Waals surface area contributed by atoms with Gasteiger partial charge in [0.1, 0.15) is 0 Å². The first-order chi connectivity index (χ1) is 8.85. The Bertz CT molecular complexity index is 383. The fraction of sp³-hybridized carbons (Fsp3) is 0.833. The normalized spacial score (nSPS) is 22.5. The van der Waals surface area contributed by atoms with Gasteiger partial charge in [-0.15, -0.1) is 0 Å². The van der Waals surface area contributed by atoms with Crippen molar-refractivity contribution in [1.29, 1.82) is 0 Å². The molecule has 2 heterocycles. The maximum absolute atomic E-state index is 8.89. The Balaban J connectivity index is 1.47. The minimum Gasteiger partial charge on any atom is -0.395 e. The highest BCUT2D eigenvalue weighted by Gasteiger charge is 2.29. The summed E-state index contributed by atoms with van der Waals surface area (Å²) in [4.78, 5) is 9.06. The second-order valence-corrected chi connectivity index (χ2v) is 5.16. The van der Waals surface area contributed by atoms with Crippen LogP contribution in [0.1, 0.15) is 30.5 Å². The minimum absolute atomic E-state index is 0.244. The van der Waals surface area contributed by atoms with E-state index in [1.807, 2.05) is 0 Å². The summed E-state index contributed by atoms with van der Waals surface area (Å²) in [5.74, 6) is 2.19. The Morgan fingerprint density at radius 2 is 1.89 bits per heavy atom. The monoisotopic (exact) mass is 252 g/mol. The van der Waals surface area contributed by atoms with Crippen LogP contribution in [0.3, 0.4) is 0 Å². The van der Waals surface area contributed by atoms with Crippen LogP contribution >= 0.6 is 0 Å². The molecular weight excluding hydrogens is 232 g/mol. The Labute approximate surface area is 107 Å². The molecule has 0 bridgehead atoms. The Morgan fingerprint density at radius 1 is 1.17 bits per heavy atom. The summed E-state index contributed by atoms with van der Waals surface area (Å²) in [7, 11) is 0. The van der Waals surface area contributed by atoms with E-state index in [1.165, 1.54) is 12.8 Å². The molecule has 100 valence electrons. The second kappa shape index (κ2) is 5.34. The van der Waals surface area contributed by atoms with Gasteiger partial charge in [-0.05, 0) is 12.8 Å². The van der Waals surface area contributed by atoms with E-state index in [0.717, 1.165) is 51.0 Å². The average molecular weight is 252 g/mol. The quantitative estimate of drug-likeness (QED) is 0.799. The van der Waals surface area contributed by atoms with E-state index in [2.05, 4.69) is 19.9 Å². The fourth-order valence-corrected chi connectivity index (χ4v) is 2.34. The van der Waals surface area contributed by atoms with E-state index in [1.54, 1.807) is 0 Å². The molecule has 1 saturated carbocycles. The smallest absolute Gasteiger partial charge is 0.240 e. The Morgan fingerprint density at radius 3 is 2.56 bits per heavy atom. The maximum atomic E-state index is 8.89. The fourth-order valence-electron chi connectivity index (χ4n) is 2.34. The number of piperazine rings is 1. The van der Waals surface area contributed by atoms with Gasteiger partial charge in [-0.2, -0.15) is 4.98 Å². The molecule has 1 N–H and O–H groups in total. The Kier molecular flexibility index (Phi) is 3.58. The molecule has 0 aromatic carbocycles. The van der Waals surface area contributed by atoms with Gasteiger partial charge in [0.15, 0.2) is 5.82 Å². The van der Waals surface area contributed by atoms with Gasteiger partial charge in [-0.3, -0.25) is 9.80 Å². The van der Waals surface area contributed by atoms with Gasteiger partial charge in [0.25, 0.3) is 0 Å². The number of aromatic nitrogens is 2. The van der Waals surface area contributed by atoms with Crippen LogP contribution < -0.4 is 0 Å². The van der Waals surface area contributed by atoms with Gasteiger partial charge in [-0.25, -0.2) is 0 Å². The van der Waals surface area contributed by atoms with Crippen LogP contribution in [0.15, 0.2) is 4.52 Å². The predicted molar refractivity (Wildman–Crippen MR) is 65.1 cm³/mol. The first kappa shape index (κ1) is 12.1. The lowest BCUT2D eigenvalue weighted by Gasteiger charge is -2.33. The average Bonchev–Trinajstić information content (AvgIpc) is 3.13. The molecule has 0 atom stereocenters. The van der Waals surface area contributed by atoms with Crippen LogP contribution in [0.25, 0.3) is 0 Å². The van der Waals surface area contributed by atoms with Gasteiger partial charge < -0.3 is 9.63 Å². The highest BCUT2D eigenvalue weighted by atomic mass is 16.5.